The van der Waals surface area contributed by atoms with Crippen LogP contribution >= 0.6 is 11.6 Å². The van der Waals surface area contributed by atoms with Gasteiger partial charge >= 0.3 is 6.18 Å². The van der Waals surface area contributed by atoms with E-state index in [2.05, 4.69) is 10.3 Å². The average Bonchev–Trinajstić information content (AvgIpc) is 2.46. The fraction of sp³-hybridized carbons (Fsp3) is 0.200. The van der Waals surface area contributed by atoms with Crippen LogP contribution in [0.2, 0.25) is 5.02 Å². The van der Waals surface area contributed by atoms with Gasteiger partial charge in [-0.25, -0.2) is 0 Å². The summed E-state index contributed by atoms with van der Waals surface area (Å²) in [4.78, 5) is 15.9. The van der Waals surface area contributed by atoms with E-state index >= 15 is 0 Å². The highest BCUT2D eigenvalue weighted by molar-refractivity contribution is 6.30. The lowest BCUT2D eigenvalue weighted by atomic mass is 10.0. The lowest BCUT2D eigenvalue weighted by molar-refractivity contribution is -0.137. The molecule has 0 saturated heterocycles. The summed E-state index contributed by atoms with van der Waals surface area (Å²) in [5, 5.41) is 2.94. The third kappa shape index (κ3) is 3.98. The Hall–Kier alpha value is -2.08. The SMILES string of the molecule is CC(NC(=O)c1cc(Cl)ccn1)c1cccc(C(F)(F)F)c1. The van der Waals surface area contributed by atoms with E-state index in [1.54, 1.807) is 6.92 Å². The number of nitrogens with one attached hydrogen (secondary N) is 1. The van der Waals surface area contributed by atoms with Crippen LogP contribution in [0.15, 0.2) is 42.6 Å². The van der Waals surface area contributed by atoms with Gasteiger partial charge in [0.15, 0.2) is 0 Å². The van der Waals surface area contributed by atoms with Crippen molar-refractivity contribution in [2.45, 2.75) is 19.1 Å². The summed E-state index contributed by atoms with van der Waals surface area (Å²) < 4.78 is 38.1. The molecule has 0 radical (unpaired) electrons. The molecule has 0 aliphatic heterocycles. The molecule has 1 unspecified atom stereocenters. The van der Waals surface area contributed by atoms with Gasteiger partial charge in [-0.1, -0.05) is 23.7 Å². The van der Waals surface area contributed by atoms with Crippen molar-refractivity contribution in [3.8, 4) is 0 Å². The molecule has 0 saturated carbocycles. The van der Waals surface area contributed by atoms with Crippen molar-refractivity contribution < 1.29 is 18.0 Å². The lowest BCUT2D eigenvalue weighted by Gasteiger charge is -2.16. The molecule has 1 heterocycles. The number of carbonyl (C=O) groups is 1. The maximum atomic E-state index is 12.7. The molecule has 2 aromatic rings. The number of benzene rings is 1. The van der Waals surface area contributed by atoms with Gasteiger partial charge in [0.25, 0.3) is 5.91 Å². The quantitative estimate of drug-likeness (QED) is 0.915. The smallest absolute Gasteiger partial charge is 0.344 e. The Morgan fingerprint density at radius 1 is 1.27 bits per heavy atom. The van der Waals surface area contributed by atoms with Crippen molar-refractivity contribution in [3.05, 3.63) is 64.4 Å². The van der Waals surface area contributed by atoms with Crippen LogP contribution in [-0.2, 0) is 6.18 Å². The molecule has 0 bridgehead atoms. The number of amides is 1. The van der Waals surface area contributed by atoms with E-state index in [1.807, 2.05) is 0 Å². The van der Waals surface area contributed by atoms with E-state index in [1.165, 1.54) is 30.5 Å². The molecule has 0 spiro atoms. The van der Waals surface area contributed by atoms with Gasteiger partial charge in [0, 0.05) is 11.2 Å². The van der Waals surface area contributed by atoms with Crippen LogP contribution in [0, 0.1) is 0 Å². The topological polar surface area (TPSA) is 42.0 Å². The van der Waals surface area contributed by atoms with Gasteiger partial charge < -0.3 is 5.32 Å². The second-order valence-electron chi connectivity index (χ2n) is 4.68. The van der Waals surface area contributed by atoms with Crippen molar-refractivity contribution in [3.63, 3.8) is 0 Å². The number of nitrogens with zero attached hydrogens (tertiary/aromatic N) is 1. The largest absolute Gasteiger partial charge is 0.416 e. The summed E-state index contributed by atoms with van der Waals surface area (Å²) in [5.41, 5.74) is -0.302. The van der Waals surface area contributed by atoms with E-state index in [0.29, 0.717) is 10.6 Å². The van der Waals surface area contributed by atoms with E-state index in [-0.39, 0.29) is 5.69 Å². The van der Waals surface area contributed by atoms with Gasteiger partial charge in [0.2, 0.25) is 0 Å². The van der Waals surface area contributed by atoms with Crippen LogP contribution in [0.25, 0.3) is 0 Å². The first-order valence-electron chi connectivity index (χ1n) is 6.37. The first kappa shape index (κ1) is 16.3. The maximum absolute atomic E-state index is 12.7. The maximum Gasteiger partial charge on any atom is 0.416 e. The minimum Gasteiger partial charge on any atom is -0.344 e. The Morgan fingerprint density at radius 2 is 2.00 bits per heavy atom. The van der Waals surface area contributed by atoms with Gasteiger partial charge in [-0.2, -0.15) is 13.2 Å². The highest BCUT2D eigenvalue weighted by Crippen LogP contribution is 2.30. The van der Waals surface area contributed by atoms with Crippen LogP contribution in [0.1, 0.15) is 34.6 Å². The van der Waals surface area contributed by atoms with Crippen LogP contribution < -0.4 is 5.32 Å². The monoisotopic (exact) mass is 328 g/mol. The molecule has 22 heavy (non-hydrogen) atoms. The van der Waals surface area contributed by atoms with Crippen molar-refractivity contribution in [1.29, 1.82) is 0 Å². The van der Waals surface area contributed by atoms with E-state index in [9.17, 15) is 18.0 Å². The molecule has 1 amide bonds. The number of pyridine rings is 1. The predicted octanol–water partition coefficient (Wildman–Crippen LogP) is 4.24. The first-order chi connectivity index (χ1) is 10.3. The number of carbonyl (C=O) groups excluding carboxylic acids is 1. The van der Waals surface area contributed by atoms with Gasteiger partial charge in [-0.3, -0.25) is 9.78 Å². The average molecular weight is 329 g/mol. The summed E-state index contributed by atoms with van der Waals surface area (Å²) in [6, 6.07) is 7.12. The first-order valence-corrected chi connectivity index (χ1v) is 6.75. The Balaban J connectivity index is 2.15. The van der Waals surface area contributed by atoms with E-state index in [4.69, 9.17) is 11.6 Å². The van der Waals surface area contributed by atoms with Gasteiger partial charge in [0.05, 0.1) is 11.6 Å². The Morgan fingerprint density at radius 3 is 2.64 bits per heavy atom. The minimum absolute atomic E-state index is 0.103. The van der Waals surface area contributed by atoms with Crippen molar-refractivity contribution in [1.82, 2.24) is 10.3 Å². The molecule has 1 aromatic carbocycles. The highest BCUT2D eigenvalue weighted by atomic mass is 35.5. The van der Waals surface area contributed by atoms with Crippen LogP contribution in [0.3, 0.4) is 0 Å². The van der Waals surface area contributed by atoms with Crippen LogP contribution in [0.4, 0.5) is 13.2 Å². The summed E-state index contributed by atoms with van der Waals surface area (Å²) in [6.45, 7) is 1.60. The fourth-order valence-corrected chi connectivity index (χ4v) is 2.03. The predicted molar refractivity (Wildman–Crippen MR) is 76.6 cm³/mol. The van der Waals surface area contributed by atoms with E-state index < -0.39 is 23.7 Å². The van der Waals surface area contributed by atoms with Crippen LogP contribution in [0.5, 0.6) is 0 Å². The molecule has 7 heteroatoms. The second kappa shape index (κ2) is 6.36. The number of alkyl halides is 3. The summed E-state index contributed by atoms with van der Waals surface area (Å²) in [5.74, 6) is -0.507. The number of aromatic nitrogens is 1. The zero-order valence-electron chi connectivity index (χ0n) is 11.5. The Kier molecular flexibility index (Phi) is 4.71. The van der Waals surface area contributed by atoms with Crippen LogP contribution in [-0.4, -0.2) is 10.9 Å². The molecule has 3 nitrogen and oxygen atoms in total. The third-order valence-corrected chi connectivity index (χ3v) is 3.25. The lowest BCUT2D eigenvalue weighted by Crippen LogP contribution is -2.27. The highest BCUT2D eigenvalue weighted by Gasteiger charge is 2.30. The van der Waals surface area contributed by atoms with Crippen molar-refractivity contribution in [2.75, 3.05) is 0 Å². The molecule has 1 atom stereocenters. The summed E-state index contributed by atoms with van der Waals surface area (Å²) in [7, 11) is 0. The van der Waals surface area contributed by atoms with Gasteiger partial charge in [-0.15, -0.1) is 0 Å². The summed E-state index contributed by atoms with van der Waals surface area (Å²) in [6.07, 6.45) is -3.04. The molecular weight excluding hydrogens is 317 g/mol. The molecule has 2 rings (SSSR count). The fourth-order valence-electron chi connectivity index (χ4n) is 1.87. The number of rotatable bonds is 3. The molecule has 1 aromatic heterocycles. The molecule has 0 aliphatic rings. The van der Waals surface area contributed by atoms with E-state index in [0.717, 1.165) is 12.1 Å². The summed E-state index contributed by atoms with van der Waals surface area (Å²) >= 11 is 5.77. The number of hydrogen-bond donors (Lipinski definition) is 1. The van der Waals surface area contributed by atoms with Crippen molar-refractivity contribution in [2.24, 2.45) is 0 Å². The third-order valence-electron chi connectivity index (χ3n) is 3.02. The number of halogens is 4. The zero-order valence-corrected chi connectivity index (χ0v) is 12.2. The molecule has 0 aliphatic carbocycles. The Labute approximate surface area is 130 Å². The van der Waals surface area contributed by atoms with Gasteiger partial charge in [0.1, 0.15) is 5.69 Å². The standard InChI is InChI=1S/C15H12ClF3N2O/c1-9(10-3-2-4-11(7-10)15(17,18)19)21-14(22)13-8-12(16)5-6-20-13/h2-9H,1H3,(H,21,22). The number of hydrogen-bond acceptors (Lipinski definition) is 2. The molecular formula is C15H12ClF3N2O. The van der Waals surface area contributed by atoms with Crippen molar-refractivity contribution >= 4 is 17.5 Å². The minimum atomic E-state index is -4.42. The normalized spacial score (nSPS) is 12.8. The van der Waals surface area contributed by atoms with Gasteiger partial charge in [-0.05, 0) is 36.8 Å². The second-order valence-corrected chi connectivity index (χ2v) is 5.11. The zero-order chi connectivity index (χ0) is 16.3. The molecule has 0 fully saturated rings. The Bertz CT molecular complexity index is 688. The molecule has 116 valence electrons. The molecule has 1 N–H and O–H groups in total.